The molecule has 0 saturated heterocycles. The van der Waals surface area contributed by atoms with Crippen molar-refractivity contribution in [1.82, 2.24) is 0 Å². The van der Waals surface area contributed by atoms with Crippen molar-refractivity contribution in [2.45, 2.75) is 6.18 Å². The second kappa shape index (κ2) is 5.20. The van der Waals surface area contributed by atoms with Gasteiger partial charge in [0.1, 0.15) is 6.61 Å². The molecule has 0 saturated carbocycles. The monoisotopic (exact) mass is 229 g/mol. The van der Waals surface area contributed by atoms with E-state index in [9.17, 15) is 18.0 Å². The van der Waals surface area contributed by atoms with Crippen molar-refractivity contribution in [3.63, 3.8) is 0 Å². The Morgan fingerprint density at radius 1 is 1.47 bits per heavy atom. The van der Waals surface area contributed by atoms with Crippen molar-refractivity contribution in [3.8, 4) is 0 Å². The highest BCUT2D eigenvalue weighted by atomic mass is 19.4. The maximum atomic E-state index is 10.6. The van der Waals surface area contributed by atoms with Gasteiger partial charge in [0.05, 0.1) is 0 Å². The minimum atomic E-state index is -5.08. The van der Waals surface area contributed by atoms with E-state index in [1.807, 2.05) is 0 Å². The lowest BCUT2D eigenvalue weighted by molar-refractivity contribution is -0.233. The molecule has 0 aromatic rings. The average molecular weight is 229 g/mol. The molecule has 0 aliphatic carbocycles. The van der Waals surface area contributed by atoms with Crippen LogP contribution in [0.15, 0.2) is 11.8 Å². The SMILES string of the molecule is NC(=O)C1=CCOO1.O=C(O)C(F)(F)F. The van der Waals surface area contributed by atoms with E-state index in [0.29, 0.717) is 6.61 Å². The number of hydrogen-bond acceptors (Lipinski definition) is 4. The molecular formula is C6H6F3NO5. The average Bonchev–Trinajstić information content (AvgIpc) is 2.54. The Labute approximate surface area is 81.0 Å². The summed E-state index contributed by atoms with van der Waals surface area (Å²) in [5, 5.41) is 7.12. The van der Waals surface area contributed by atoms with E-state index in [1.54, 1.807) is 0 Å². The van der Waals surface area contributed by atoms with Gasteiger partial charge >= 0.3 is 12.1 Å². The highest BCUT2D eigenvalue weighted by Gasteiger charge is 2.38. The molecule has 0 radical (unpaired) electrons. The number of amides is 1. The Morgan fingerprint density at radius 2 is 1.93 bits per heavy atom. The van der Waals surface area contributed by atoms with E-state index >= 15 is 0 Å². The van der Waals surface area contributed by atoms with Crippen molar-refractivity contribution in [2.75, 3.05) is 6.61 Å². The number of aliphatic carboxylic acids is 1. The highest BCUT2D eigenvalue weighted by Crippen LogP contribution is 2.13. The molecule has 0 atom stereocenters. The Bertz CT molecular complexity index is 285. The molecule has 0 fully saturated rings. The molecule has 1 amide bonds. The number of carbonyl (C=O) groups excluding carboxylic acids is 1. The molecular weight excluding hydrogens is 223 g/mol. The molecule has 0 aromatic carbocycles. The maximum absolute atomic E-state index is 10.6. The van der Waals surface area contributed by atoms with Crippen LogP contribution < -0.4 is 5.73 Å². The lowest BCUT2D eigenvalue weighted by Gasteiger charge is -1.93. The fourth-order valence-electron chi connectivity index (χ4n) is 0.383. The van der Waals surface area contributed by atoms with Crippen LogP contribution in [0.25, 0.3) is 0 Å². The summed E-state index contributed by atoms with van der Waals surface area (Å²) in [6.45, 7) is 0.304. The number of nitrogens with two attached hydrogens (primary N) is 1. The number of halogens is 3. The van der Waals surface area contributed by atoms with Crippen molar-refractivity contribution in [3.05, 3.63) is 11.8 Å². The van der Waals surface area contributed by atoms with Gasteiger partial charge in [0.2, 0.25) is 5.76 Å². The van der Waals surface area contributed by atoms with Gasteiger partial charge in [0.15, 0.2) is 0 Å². The van der Waals surface area contributed by atoms with E-state index in [-0.39, 0.29) is 5.76 Å². The zero-order valence-corrected chi connectivity index (χ0v) is 7.08. The van der Waals surface area contributed by atoms with E-state index in [2.05, 4.69) is 9.78 Å². The van der Waals surface area contributed by atoms with Gasteiger partial charge < -0.3 is 15.7 Å². The Morgan fingerprint density at radius 3 is 2.07 bits per heavy atom. The van der Waals surface area contributed by atoms with Crippen LogP contribution in [-0.2, 0) is 19.4 Å². The van der Waals surface area contributed by atoms with Crippen LogP contribution in [0.1, 0.15) is 0 Å². The highest BCUT2D eigenvalue weighted by molar-refractivity contribution is 5.89. The van der Waals surface area contributed by atoms with Gasteiger partial charge in [0, 0.05) is 0 Å². The fourth-order valence-corrected chi connectivity index (χ4v) is 0.383. The van der Waals surface area contributed by atoms with Crippen LogP contribution in [0.4, 0.5) is 13.2 Å². The molecule has 3 N–H and O–H groups in total. The van der Waals surface area contributed by atoms with Gasteiger partial charge in [-0.2, -0.15) is 18.1 Å². The standard InChI is InChI=1S/C4H5NO3.C2HF3O2/c5-4(6)3-1-2-7-8-3;3-2(4,5)1(6)7/h1H,2H2,(H2,5,6);(H,6,7). The predicted octanol–water partition coefficient (Wildman–Crippen LogP) is -0.0493. The van der Waals surface area contributed by atoms with Crippen molar-refractivity contribution >= 4 is 11.9 Å². The molecule has 15 heavy (non-hydrogen) atoms. The van der Waals surface area contributed by atoms with Gasteiger partial charge in [-0.05, 0) is 6.08 Å². The van der Waals surface area contributed by atoms with E-state index < -0.39 is 18.1 Å². The van der Waals surface area contributed by atoms with Gasteiger partial charge in [-0.3, -0.25) is 4.79 Å². The van der Waals surface area contributed by atoms with Crippen LogP contribution in [0.5, 0.6) is 0 Å². The summed E-state index contributed by atoms with van der Waals surface area (Å²) >= 11 is 0. The van der Waals surface area contributed by atoms with E-state index in [4.69, 9.17) is 15.6 Å². The first-order valence-corrected chi connectivity index (χ1v) is 3.34. The maximum Gasteiger partial charge on any atom is 0.490 e. The number of carboxylic acid groups (broad SMARTS) is 1. The van der Waals surface area contributed by atoms with Crippen LogP contribution in [0.3, 0.4) is 0 Å². The summed E-state index contributed by atoms with van der Waals surface area (Å²) in [5.41, 5.74) is 4.79. The van der Waals surface area contributed by atoms with Crippen molar-refractivity contribution in [2.24, 2.45) is 5.73 Å². The first-order valence-electron chi connectivity index (χ1n) is 3.34. The third kappa shape index (κ3) is 5.52. The summed E-state index contributed by atoms with van der Waals surface area (Å²) in [7, 11) is 0. The lowest BCUT2D eigenvalue weighted by atomic mass is 10.4. The van der Waals surface area contributed by atoms with E-state index in [0.717, 1.165) is 0 Å². The summed E-state index contributed by atoms with van der Waals surface area (Å²) in [6, 6.07) is 0. The molecule has 1 heterocycles. The first kappa shape index (κ1) is 13.2. The normalized spacial score (nSPS) is 14.5. The summed E-state index contributed by atoms with van der Waals surface area (Å²) < 4.78 is 31.7. The van der Waals surface area contributed by atoms with Crippen LogP contribution >= 0.6 is 0 Å². The third-order valence-electron chi connectivity index (χ3n) is 0.971. The lowest BCUT2D eigenvalue weighted by Crippen LogP contribution is -2.21. The number of primary amides is 1. The second-order valence-electron chi connectivity index (χ2n) is 2.10. The van der Waals surface area contributed by atoms with Crippen molar-refractivity contribution < 1.29 is 37.6 Å². The topological polar surface area (TPSA) is 98.9 Å². The molecule has 9 heteroatoms. The van der Waals surface area contributed by atoms with Gasteiger partial charge in [-0.25, -0.2) is 4.79 Å². The molecule has 86 valence electrons. The number of rotatable bonds is 1. The van der Waals surface area contributed by atoms with E-state index in [1.165, 1.54) is 6.08 Å². The number of alkyl halides is 3. The quantitative estimate of drug-likeness (QED) is 0.614. The van der Waals surface area contributed by atoms with Gasteiger partial charge in [-0.15, -0.1) is 0 Å². The number of carbonyl (C=O) groups is 2. The third-order valence-corrected chi connectivity index (χ3v) is 0.971. The molecule has 0 spiro atoms. The smallest absolute Gasteiger partial charge is 0.475 e. The summed E-state index contributed by atoms with van der Waals surface area (Å²) in [4.78, 5) is 27.7. The van der Waals surface area contributed by atoms with Crippen LogP contribution in [0, 0.1) is 0 Å². The Balaban J connectivity index is 0.000000265. The molecule has 0 aromatic heterocycles. The van der Waals surface area contributed by atoms with Crippen molar-refractivity contribution in [1.29, 1.82) is 0 Å². The molecule has 0 unspecified atom stereocenters. The Kier molecular flexibility index (Phi) is 4.58. The van der Waals surface area contributed by atoms with Gasteiger partial charge in [-0.1, -0.05) is 0 Å². The Hall–Kier alpha value is -1.77. The minimum absolute atomic E-state index is 0.0880. The second-order valence-corrected chi connectivity index (χ2v) is 2.10. The zero-order valence-electron chi connectivity index (χ0n) is 7.08. The zero-order chi connectivity index (χ0) is 12.1. The molecule has 1 aliphatic rings. The minimum Gasteiger partial charge on any atom is -0.475 e. The largest absolute Gasteiger partial charge is 0.490 e. The summed E-state index contributed by atoms with van der Waals surface area (Å²) in [5.74, 6) is -3.26. The van der Waals surface area contributed by atoms with Crippen LogP contribution in [0.2, 0.25) is 0 Å². The predicted molar refractivity (Wildman–Crippen MR) is 38.0 cm³/mol. The van der Waals surface area contributed by atoms with Gasteiger partial charge in [0.25, 0.3) is 5.91 Å². The van der Waals surface area contributed by atoms with Crippen LogP contribution in [-0.4, -0.2) is 29.8 Å². The first-order chi connectivity index (χ1) is 6.75. The molecule has 6 nitrogen and oxygen atoms in total. The number of carboxylic acids is 1. The molecule has 1 rings (SSSR count). The molecule has 1 aliphatic heterocycles. The fraction of sp³-hybridized carbons (Fsp3) is 0.333. The molecule has 0 bridgehead atoms. The summed E-state index contributed by atoms with van der Waals surface area (Å²) in [6.07, 6.45) is -3.61. The number of hydrogen-bond donors (Lipinski definition) is 2.